The van der Waals surface area contributed by atoms with Crippen LogP contribution in [0.25, 0.3) is 0 Å². The molecule has 0 atom stereocenters. The number of hydrogen-bond donors (Lipinski definition) is 0. The minimum Gasteiger partial charge on any atom is -0.351 e. The Balaban J connectivity index is 4.75. The van der Waals surface area contributed by atoms with Crippen LogP contribution in [0.5, 0.6) is 0 Å². The molecule has 0 heterocycles. The van der Waals surface area contributed by atoms with Crippen LogP contribution in [0.2, 0.25) is 0 Å². The fraction of sp³-hybridized carbons (Fsp3) is 1.00. The summed E-state index contributed by atoms with van der Waals surface area (Å²) in [5, 5.41) is 0. The molecule has 0 spiro atoms. The van der Waals surface area contributed by atoms with Crippen LogP contribution in [0, 0.1) is 0 Å². The van der Waals surface area contributed by atoms with E-state index in [0.29, 0.717) is 0 Å². The molecule has 0 fully saturated rings. The maximum Gasteiger partial charge on any atom is 0.696 e. The Kier molecular flexibility index (Phi) is 6.48. The van der Waals surface area contributed by atoms with Gasteiger partial charge in [0.1, 0.15) is 0 Å². The summed E-state index contributed by atoms with van der Waals surface area (Å²) in [7, 11) is -9.06. The van der Waals surface area contributed by atoms with Gasteiger partial charge in [0.15, 0.2) is 0 Å². The Hall–Kier alpha value is -0.0631. The van der Waals surface area contributed by atoms with Crippen LogP contribution in [-0.2, 0) is 27.7 Å². The standard InChI is InChI=1S/C6H15FO6SSi/c1-4-10-15(11-5-2,12-6-3)13-14(7,8)9/h4-6H2,1-3H3. The second-order valence-electron chi connectivity index (χ2n) is 2.28. The molecule has 15 heavy (non-hydrogen) atoms. The SMILES string of the molecule is CCO[Si](OCC)(OCC)OS(=O)(=O)F. The van der Waals surface area contributed by atoms with Gasteiger partial charge in [-0.15, -0.1) is 0 Å². The largest absolute Gasteiger partial charge is 0.696 e. The van der Waals surface area contributed by atoms with Crippen LogP contribution < -0.4 is 0 Å². The van der Waals surface area contributed by atoms with Crippen molar-refractivity contribution in [2.45, 2.75) is 20.8 Å². The van der Waals surface area contributed by atoms with Crippen molar-refractivity contribution in [2.75, 3.05) is 19.8 Å². The lowest BCUT2D eigenvalue weighted by atomic mass is 10.9. The van der Waals surface area contributed by atoms with Crippen molar-refractivity contribution < 1.29 is 29.5 Å². The van der Waals surface area contributed by atoms with Crippen LogP contribution >= 0.6 is 0 Å². The van der Waals surface area contributed by atoms with Crippen molar-refractivity contribution in [3.8, 4) is 0 Å². The molecule has 0 aromatic rings. The van der Waals surface area contributed by atoms with Gasteiger partial charge < -0.3 is 13.3 Å². The van der Waals surface area contributed by atoms with Crippen LogP contribution in [0.15, 0.2) is 0 Å². The molecule has 0 bridgehead atoms. The van der Waals surface area contributed by atoms with Gasteiger partial charge >= 0.3 is 19.6 Å². The van der Waals surface area contributed by atoms with Crippen molar-refractivity contribution in [2.24, 2.45) is 0 Å². The van der Waals surface area contributed by atoms with E-state index < -0.39 is 19.6 Å². The van der Waals surface area contributed by atoms with E-state index in [0.717, 1.165) is 0 Å². The zero-order valence-electron chi connectivity index (χ0n) is 8.86. The van der Waals surface area contributed by atoms with Crippen molar-refractivity contribution >= 4 is 19.6 Å². The highest BCUT2D eigenvalue weighted by molar-refractivity contribution is 7.82. The smallest absolute Gasteiger partial charge is 0.351 e. The minimum atomic E-state index is -5.16. The van der Waals surface area contributed by atoms with Crippen molar-refractivity contribution in [3.05, 3.63) is 0 Å². The maximum atomic E-state index is 12.4. The summed E-state index contributed by atoms with van der Waals surface area (Å²) < 4.78 is 52.1. The molecule has 0 N–H and O–H groups in total. The van der Waals surface area contributed by atoms with Gasteiger partial charge in [-0.05, 0) is 20.8 Å². The molecule has 0 rings (SSSR count). The molecule has 0 aromatic heterocycles. The third-order valence-corrected chi connectivity index (χ3v) is 4.70. The Morgan fingerprint density at radius 2 is 1.33 bits per heavy atom. The molecule has 0 aliphatic carbocycles. The van der Waals surface area contributed by atoms with E-state index in [9.17, 15) is 12.3 Å². The maximum absolute atomic E-state index is 12.4. The zero-order chi connectivity index (χ0) is 11.9. The molecule has 0 aromatic carbocycles. The fourth-order valence-electron chi connectivity index (χ4n) is 0.849. The van der Waals surface area contributed by atoms with E-state index in [1.54, 1.807) is 20.8 Å². The van der Waals surface area contributed by atoms with E-state index in [4.69, 9.17) is 13.3 Å². The Morgan fingerprint density at radius 3 is 1.53 bits per heavy atom. The monoisotopic (exact) mass is 262 g/mol. The van der Waals surface area contributed by atoms with Crippen LogP contribution in [0.4, 0.5) is 3.89 Å². The molecular formula is C6H15FO6SSi. The summed E-state index contributed by atoms with van der Waals surface area (Å²) in [6, 6.07) is 0. The van der Waals surface area contributed by atoms with Gasteiger partial charge in [-0.1, -0.05) is 3.89 Å². The highest BCUT2D eigenvalue weighted by atomic mass is 32.3. The second kappa shape index (κ2) is 6.50. The fourth-order valence-corrected chi connectivity index (χ4v) is 3.71. The number of rotatable bonds is 8. The molecule has 0 aliphatic heterocycles. The van der Waals surface area contributed by atoms with E-state index in [1.165, 1.54) is 0 Å². The highest BCUT2D eigenvalue weighted by Crippen LogP contribution is 2.15. The predicted octanol–water partition coefficient (Wildman–Crippen LogP) is 0.762. The number of hydrogen-bond acceptors (Lipinski definition) is 6. The molecule has 0 aliphatic rings. The van der Waals surface area contributed by atoms with Gasteiger partial charge in [-0.2, -0.15) is 8.42 Å². The summed E-state index contributed by atoms with van der Waals surface area (Å²) in [5.41, 5.74) is 0. The first-order chi connectivity index (χ1) is 6.89. The summed E-state index contributed by atoms with van der Waals surface area (Å²) in [4.78, 5) is 0. The lowest BCUT2D eigenvalue weighted by molar-refractivity contribution is 0.0102. The third kappa shape index (κ3) is 6.17. The van der Waals surface area contributed by atoms with Crippen molar-refractivity contribution in [3.63, 3.8) is 0 Å². The molecule has 0 amide bonds. The Labute approximate surface area is 90.2 Å². The summed E-state index contributed by atoms with van der Waals surface area (Å²) >= 11 is 0. The first-order valence-electron chi connectivity index (χ1n) is 4.46. The quantitative estimate of drug-likeness (QED) is 0.475. The average Bonchev–Trinajstić information content (AvgIpc) is 2.01. The molecule has 0 unspecified atom stereocenters. The van der Waals surface area contributed by atoms with Gasteiger partial charge in [0, 0.05) is 19.8 Å². The van der Waals surface area contributed by atoms with Crippen molar-refractivity contribution in [1.29, 1.82) is 0 Å². The summed E-state index contributed by atoms with van der Waals surface area (Å²) in [6.07, 6.45) is 0. The van der Waals surface area contributed by atoms with Crippen LogP contribution in [0.3, 0.4) is 0 Å². The predicted molar refractivity (Wildman–Crippen MR) is 51.7 cm³/mol. The molecule has 92 valence electrons. The first-order valence-corrected chi connectivity index (χ1v) is 7.40. The van der Waals surface area contributed by atoms with E-state index in [2.05, 4.69) is 3.87 Å². The van der Waals surface area contributed by atoms with Crippen LogP contribution in [-0.4, -0.2) is 37.3 Å². The normalized spacial score (nSPS) is 13.1. The van der Waals surface area contributed by atoms with Crippen molar-refractivity contribution in [1.82, 2.24) is 0 Å². The van der Waals surface area contributed by atoms with Gasteiger partial charge in [0.05, 0.1) is 0 Å². The minimum absolute atomic E-state index is 0.0990. The van der Waals surface area contributed by atoms with Gasteiger partial charge in [0.2, 0.25) is 0 Å². The van der Waals surface area contributed by atoms with Gasteiger partial charge in [-0.3, -0.25) is 0 Å². The molecule has 0 radical (unpaired) electrons. The Morgan fingerprint density at radius 1 is 1.00 bits per heavy atom. The molecule has 0 saturated heterocycles. The lowest BCUT2D eigenvalue weighted by Crippen LogP contribution is -2.50. The van der Waals surface area contributed by atoms with E-state index >= 15 is 0 Å². The molecular weight excluding hydrogens is 247 g/mol. The number of halogens is 1. The second-order valence-corrected chi connectivity index (χ2v) is 5.59. The first kappa shape index (κ1) is 14.9. The third-order valence-electron chi connectivity index (χ3n) is 1.16. The average molecular weight is 262 g/mol. The van der Waals surface area contributed by atoms with Gasteiger partial charge in [0.25, 0.3) is 0 Å². The van der Waals surface area contributed by atoms with E-state index in [-0.39, 0.29) is 19.8 Å². The molecule has 0 saturated carbocycles. The van der Waals surface area contributed by atoms with Gasteiger partial charge in [-0.25, -0.2) is 3.87 Å². The topological polar surface area (TPSA) is 71.1 Å². The van der Waals surface area contributed by atoms with E-state index in [1.807, 2.05) is 0 Å². The summed E-state index contributed by atoms with van der Waals surface area (Å²) in [5.74, 6) is 0. The highest BCUT2D eigenvalue weighted by Gasteiger charge is 2.50. The molecule has 9 heteroatoms. The van der Waals surface area contributed by atoms with Crippen LogP contribution in [0.1, 0.15) is 20.8 Å². The zero-order valence-corrected chi connectivity index (χ0v) is 10.7. The molecule has 6 nitrogen and oxygen atoms in total. The Bertz CT molecular complexity index is 252. The summed E-state index contributed by atoms with van der Waals surface area (Å²) in [6.45, 7) is 5.07. The lowest BCUT2D eigenvalue weighted by Gasteiger charge is -2.24.